The zero-order valence-corrected chi connectivity index (χ0v) is 19.0. The molecule has 0 radical (unpaired) electrons. The summed E-state index contributed by atoms with van der Waals surface area (Å²) in [7, 11) is 0. The molecule has 1 aromatic heterocycles. The number of aryl methyl sites for hydroxylation is 2. The molecule has 2 amide bonds. The Bertz CT molecular complexity index is 1320. The molecule has 0 spiro atoms. The Kier molecular flexibility index (Phi) is 7.29. The molecule has 2 aromatic carbocycles. The van der Waals surface area contributed by atoms with Gasteiger partial charge in [-0.05, 0) is 55.3 Å². The summed E-state index contributed by atoms with van der Waals surface area (Å²) in [6.45, 7) is 2.22. The molecule has 0 aliphatic rings. The summed E-state index contributed by atoms with van der Waals surface area (Å²) in [6, 6.07) is 8.54. The summed E-state index contributed by atoms with van der Waals surface area (Å²) in [5.74, 6) is -2.70. The number of nitrogens with zero attached hydrogens (tertiary/aromatic N) is 1. The van der Waals surface area contributed by atoms with Gasteiger partial charge in [0, 0.05) is 28.7 Å². The zero-order valence-electron chi connectivity index (χ0n) is 19.0. The molecule has 3 rings (SSSR count). The fraction of sp³-hybridized carbons (Fsp3) is 0.208. The van der Waals surface area contributed by atoms with Crippen molar-refractivity contribution in [3.63, 3.8) is 0 Å². The van der Waals surface area contributed by atoms with Gasteiger partial charge in [-0.1, -0.05) is 18.2 Å². The Hall–Kier alpha value is -4.03. The van der Waals surface area contributed by atoms with Crippen LogP contribution in [0.5, 0.6) is 0 Å². The van der Waals surface area contributed by atoms with E-state index >= 15 is 0 Å². The van der Waals surface area contributed by atoms with Crippen LogP contribution in [0.25, 0.3) is 0 Å². The molecule has 0 fully saturated rings. The van der Waals surface area contributed by atoms with E-state index in [0.717, 1.165) is 20.0 Å². The van der Waals surface area contributed by atoms with Crippen molar-refractivity contribution >= 4 is 23.2 Å². The van der Waals surface area contributed by atoms with Gasteiger partial charge in [-0.15, -0.1) is 0 Å². The van der Waals surface area contributed by atoms with Crippen LogP contribution in [0.1, 0.15) is 37.4 Å². The second-order valence-corrected chi connectivity index (χ2v) is 7.97. The van der Waals surface area contributed by atoms with Gasteiger partial charge in [-0.3, -0.25) is 9.59 Å². The summed E-state index contributed by atoms with van der Waals surface area (Å²) in [5, 5.41) is 4.75. The molecule has 13 heteroatoms. The summed E-state index contributed by atoms with van der Waals surface area (Å²) in [4.78, 5) is 28.4. The third-order valence-electron chi connectivity index (χ3n) is 5.34. The maximum atomic E-state index is 14.5. The monoisotopic (exact) mass is 531 g/mol. The van der Waals surface area contributed by atoms with Crippen LogP contribution in [-0.2, 0) is 5.67 Å². The molecule has 0 aliphatic heterocycles. The van der Waals surface area contributed by atoms with Gasteiger partial charge in [-0.25, -0.2) is 9.37 Å². The standard InChI is InChI=1S/C24H17F8N3O2/c1-12-9-15(22(26,23(27,28)29)24(30,31)32)10-13(2)18(12)35-20(36)14-5-3-6-16(11-14)34-21(37)17-7-4-8-33-19(17)25/h3-11H,1-2H3,(H,34,37)(H,35,36). The maximum Gasteiger partial charge on any atom is 0.435 e. The van der Waals surface area contributed by atoms with Crippen LogP contribution in [0.4, 0.5) is 46.5 Å². The highest BCUT2D eigenvalue weighted by molar-refractivity contribution is 6.07. The lowest BCUT2D eigenvalue weighted by Crippen LogP contribution is -2.50. The van der Waals surface area contributed by atoms with Crippen LogP contribution in [0.3, 0.4) is 0 Å². The Morgan fingerprint density at radius 2 is 1.38 bits per heavy atom. The molecule has 0 saturated heterocycles. The number of benzene rings is 2. The topological polar surface area (TPSA) is 71.1 Å². The number of nitrogens with one attached hydrogen (secondary N) is 2. The Labute approximate surface area is 204 Å². The summed E-state index contributed by atoms with van der Waals surface area (Å²) in [6.07, 6.45) is -11.4. The minimum atomic E-state index is -6.28. The molecule has 1 heterocycles. The maximum absolute atomic E-state index is 14.5. The first-order valence-electron chi connectivity index (χ1n) is 10.3. The van der Waals surface area contributed by atoms with Crippen molar-refractivity contribution < 1.29 is 44.7 Å². The SMILES string of the molecule is Cc1cc(C(F)(C(F)(F)F)C(F)(F)F)cc(C)c1NC(=O)c1cccc(NC(=O)c2cccnc2F)c1. The highest BCUT2D eigenvalue weighted by Crippen LogP contribution is 2.53. The van der Waals surface area contributed by atoms with Crippen molar-refractivity contribution in [2.24, 2.45) is 0 Å². The predicted octanol–water partition coefficient (Wildman–Crippen LogP) is 6.63. The molecule has 0 unspecified atom stereocenters. The van der Waals surface area contributed by atoms with Crippen molar-refractivity contribution in [1.82, 2.24) is 4.98 Å². The van der Waals surface area contributed by atoms with E-state index in [1.807, 2.05) is 0 Å². The van der Waals surface area contributed by atoms with Crippen molar-refractivity contribution in [3.8, 4) is 0 Å². The van der Waals surface area contributed by atoms with Crippen LogP contribution >= 0.6 is 0 Å². The number of carbonyl (C=O) groups excluding carboxylic acids is 2. The quantitative estimate of drug-likeness (QED) is 0.287. The van der Waals surface area contributed by atoms with Crippen molar-refractivity contribution in [2.45, 2.75) is 31.9 Å². The summed E-state index contributed by atoms with van der Waals surface area (Å²) < 4.78 is 107. The van der Waals surface area contributed by atoms with Crippen LogP contribution < -0.4 is 10.6 Å². The van der Waals surface area contributed by atoms with E-state index in [9.17, 15) is 44.7 Å². The Morgan fingerprint density at radius 3 is 1.92 bits per heavy atom. The van der Waals surface area contributed by atoms with Gasteiger partial charge in [0.05, 0.1) is 5.56 Å². The molecule has 3 aromatic rings. The zero-order chi connectivity index (χ0) is 27.8. The number of halogens is 8. The largest absolute Gasteiger partial charge is 0.435 e. The van der Waals surface area contributed by atoms with Crippen LogP contribution in [0.15, 0.2) is 54.7 Å². The number of rotatable bonds is 5. The number of aromatic nitrogens is 1. The first-order valence-corrected chi connectivity index (χ1v) is 10.3. The van der Waals surface area contributed by atoms with Crippen molar-refractivity contribution in [1.29, 1.82) is 0 Å². The van der Waals surface area contributed by atoms with Crippen molar-refractivity contribution in [2.75, 3.05) is 10.6 Å². The molecular weight excluding hydrogens is 514 g/mol. The molecule has 37 heavy (non-hydrogen) atoms. The highest BCUT2D eigenvalue weighted by Gasteiger charge is 2.73. The van der Waals surface area contributed by atoms with E-state index in [2.05, 4.69) is 15.6 Å². The summed E-state index contributed by atoms with van der Waals surface area (Å²) >= 11 is 0. The fourth-order valence-corrected chi connectivity index (χ4v) is 3.53. The van der Waals surface area contributed by atoms with Crippen LogP contribution in [-0.4, -0.2) is 29.2 Å². The lowest BCUT2D eigenvalue weighted by Gasteiger charge is -2.31. The van der Waals surface area contributed by atoms with E-state index < -0.39 is 41.3 Å². The second kappa shape index (κ2) is 9.79. The third-order valence-corrected chi connectivity index (χ3v) is 5.34. The van der Waals surface area contributed by atoms with E-state index in [1.165, 1.54) is 36.4 Å². The fourth-order valence-electron chi connectivity index (χ4n) is 3.53. The predicted molar refractivity (Wildman–Crippen MR) is 117 cm³/mol. The number of carbonyl (C=O) groups is 2. The lowest BCUT2D eigenvalue weighted by molar-refractivity contribution is -0.348. The van der Waals surface area contributed by atoms with E-state index in [-0.39, 0.29) is 33.6 Å². The number of hydrogen-bond acceptors (Lipinski definition) is 3. The first kappa shape index (κ1) is 27.6. The molecule has 5 nitrogen and oxygen atoms in total. The van der Waals surface area contributed by atoms with Crippen molar-refractivity contribution in [3.05, 3.63) is 88.5 Å². The van der Waals surface area contributed by atoms with Crippen LogP contribution in [0, 0.1) is 19.8 Å². The van der Waals surface area contributed by atoms with E-state index in [4.69, 9.17) is 0 Å². The van der Waals surface area contributed by atoms with Gasteiger partial charge in [0.2, 0.25) is 5.95 Å². The highest BCUT2D eigenvalue weighted by atomic mass is 19.4. The minimum Gasteiger partial charge on any atom is -0.322 e. The lowest BCUT2D eigenvalue weighted by atomic mass is 9.90. The third kappa shape index (κ3) is 5.39. The van der Waals surface area contributed by atoms with Gasteiger partial charge in [0.1, 0.15) is 0 Å². The van der Waals surface area contributed by atoms with Gasteiger partial charge < -0.3 is 10.6 Å². The molecular formula is C24H17F8N3O2. The van der Waals surface area contributed by atoms with E-state index in [1.54, 1.807) is 0 Å². The Morgan fingerprint density at radius 1 is 0.784 bits per heavy atom. The van der Waals surface area contributed by atoms with Gasteiger partial charge in [0.15, 0.2) is 0 Å². The molecule has 0 saturated carbocycles. The molecule has 2 N–H and O–H groups in total. The second-order valence-electron chi connectivity index (χ2n) is 7.97. The number of amides is 2. The summed E-state index contributed by atoms with van der Waals surface area (Å²) in [5.41, 5.74) is -8.26. The molecule has 196 valence electrons. The molecule has 0 bridgehead atoms. The van der Waals surface area contributed by atoms with E-state index in [0.29, 0.717) is 12.1 Å². The average molecular weight is 531 g/mol. The van der Waals surface area contributed by atoms with Crippen LogP contribution in [0.2, 0.25) is 0 Å². The number of pyridine rings is 1. The van der Waals surface area contributed by atoms with Gasteiger partial charge >= 0.3 is 18.0 Å². The minimum absolute atomic E-state index is 0.0576. The number of hydrogen-bond donors (Lipinski definition) is 2. The molecule has 0 atom stereocenters. The first-order chi connectivity index (χ1) is 17.1. The number of alkyl halides is 7. The molecule has 0 aliphatic carbocycles. The average Bonchev–Trinajstić information content (AvgIpc) is 2.79. The smallest absolute Gasteiger partial charge is 0.322 e. The Balaban J connectivity index is 1.87. The number of anilines is 2. The van der Waals surface area contributed by atoms with Gasteiger partial charge in [-0.2, -0.15) is 30.7 Å². The van der Waals surface area contributed by atoms with Gasteiger partial charge in [0.25, 0.3) is 11.8 Å². The normalized spacial score (nSPS) is 12.3.